The van der Waals surface area contributed by atoms with Crippen LogP contribution >= 0.6 is 22.7 Å². The number of rotatable bonds is 1. The van der Waals surface area contributed by atoms with Crippen molar-refractivity contribution in [1.29, 1.82) is 0 Å². The zero-order chi connectivity index (χ0) is 3.41. The minimum Gasteiger partial charge on any atom is -0.173 e. The summed E-state index contributed by atoms with van der Waals surface area (Å²) in [6, 6.07) is 0. The van der Waals surface area contributed by atoms with E-state index in [1.807, 2.05) is 0 Å². The van der Waals surface area contributed by atoms with Crippen LogP contribution in [0, 0.1) is 0 Å². The van der Waals surface area contributed by atoms with E-state index in [4.69, 9.17) is 22.7 Å². The van der Waals surface area contributed by atoms with Crippen molar-refractivity contribution < 1.29 is 0 Å². The van der Waals surface area contributed by atoms with Crippen molar-refractivity contribution in [1.82, 2.24) is 0 Å². The largest absolute Gasteiger partial charge is 0.173 e. The third kappa shape index (κ3) is 2.80. The molecular weight excluding hydrogens is 111 g/mol. The fraction of sp³-hybridized carbons (Fsp3) is 1.00. The molecule has 0 saturated carbocycles. The smallest absolute Gasteiger partial charge is 0.162 e. The molecule has 0 aliphatic heterocycles. The summed E-state index contributed by atoms with van der Waals surface area (Å²) >= 11 is 10.2. The Labute approximate surface area is 37.6 Å². The van der Waals surface area contributed by atoms with Crippen LogP contribution in [0.2, 0.25) is 0 Å². The topological polar surface area (TPSA) is 0 Å². The Hall–Kier alpha value is 0.797. The molecule has 0 N–H and O–H groups in total. The molecule has 0 amide bonds. The second-order valence-electron chi connectivity index (χ2n) is 0.309. The quantitative estimate of drug-likeness (QED) is 0.268. The molecule has 1 radical (unpaired) electrons. The van der Waals surface area contributed by atoms with E-state index in [1.165, 1.54) is 0 Å². The fourth-order valence-electron chi connectivity index (χ4n) is 0. The molecule has 0 aliphatic rings. The van der Waals surface area contributed by atoms with Gasteiger partial charge in [0.15, 0.2) is 8.83 Å². The van der Waals surface area contributed by atoms with E-state index in [-0.39, 0.29) is 8.83 Å². The van der Waals surface area contributed by atoms with Gasteiger partial charge in [-0.2, -0.15) is 11.1 Å². The van der Waals surface area contributed by atoms with Crippen molar-refractivity contribution in [2.24, 2.45) is 0 Å². The van der Waals surface area contributed by atoms with Crippen LogP contribution in [0.15, 0.2) is 0 Å². The van der Waals surface area contributed by atoms with Gasteiger partial charge >= 0.3 is 0 Å². The summed E-state index contributed by atoms with van der Waals surface area (Å²) in [5.74, 6) is 0. The Morgan fingerprint density at radius 3 is 2.00 bits per heavy atom. The van der Waals surface area contributed by atoms with Gasteiger partial charge < -0.3 is 0 Å². The second kappa shape index (κ2) is 3.80. The molecule has 0 unspecified atom stereocenters. The summed E-state index contributed by atoms with van der Waals surface area (Å²) in [6.07, 6.45) is 0. The van der Waals surface area contributed by atoms with Crippen LogP contribution in [0.25, 0.3) is 0 Å². The van der Waals surface area contributed by atoms with Crippen molar-refractivity contribution in [2.75, 3.05) is 5.50 Å². The van der Waals surface area contributed by atoms with Crippen molar-refractivity contribution in [3.63, 3.8) is 0 Å². The molecular formula is CH3Cl2Si. The lowest BCUT2D eigenvalue weighted by Crippen LogP contribution is -1.71. The molecule has 0 heterocycles. The van der Waals surface area contributed by atoms with Gasteiger partial charge in [-0.1, -0.05) is 0 Å². The lowest BCUT2D eigenvalue weighted by molar-refractivity contribution is 2.18. The summed E-state index contributed by atoms with van der Waals surface area (Å²) in [4.78, 5) is 0. The van der Waals surface area contributed by atoms with E-state index >= 15 is 0 Å². The number of halogens is 2. The molecule has 0 aromatic rings. The van der Waals surface area contributed by atoms with Crippen LogP contribution in [-0.4, -0.2) is 14.3 Å². The van der Waals surface area contributed by atoms with Gasteiger partial charge in [0.2, 0.25) is 0 Å². The van der Waals surface area contributed by atoms with Gasteiger partial charge in [-0.15, -0.1) is 11.6 Å². The van der Waals surface area contributed by atoms with Gasteiger partial charge in [-0.3, -0.25) is 0 Å². The molecule has 0 aliphatic carbocycles. The van der Waals surface area contributed by atoms with Crippen LogP contribution < -0.4 is 0 Å². The lowest BCUT2D eigenvalue weighted by Gasteiger charge is -1.60. The molecule has 3 heteroatoms. The molecule has 0 rings (SSSR count). The van der Waals surface area contributed by atoms with E-state index < -0.39 is 0 Å². The highest BCUT2D eigenvalue weighted by Gasteiger charge is 1.65. The monoisotopic (exact) mass is 113 g/mol. The normalized spacial score (nSPS) is 7.50. The van der Waals surface area contributed by atoms with Crippen molar-refractivity contribution in [3.05, 3.63) is 0 Å². The highest BCUT2D eigenvalue weighted by Crippen LogP contribution is 1.70. The van der Waals surface area contributed by atoms with Gasteiger partial charge in [0.25, 0.3) is 0 Å². The molecule has 0 aromatic heterocycles. The Kier molecular flexibility index (Phi) is 4.55. The number of hydrogen-bond acceptors (Lipinski definition) is 0. The molecule has 0 bridgehead atoms. The predicted molar refractivity (Wildman–Crippen MR) is 23.7 cm³/mol. The van der Waals surface area contributed by atoms with E-state index in [9.17, 15) is 0 Å². The first-order valence-corrected chi connectivity index (χ1v) is 3.99. The van der Waals surface area contributed by atoms with Gasteiger partial charge in [-0.25, -0.2) is 0 Å². The number of alkyl halides is 1. The first-order chi connectivity index (χ1) is 1.91. The SMILES string of the molecule is ClC[SiH]Cl. The molecule has 0 saturated heterocycles. The predicted octanol–water partition coefficient (Wildman–Crippen LogP) is 0.773. The van der Waals surface area contributed by atoms with Gasteiger partial charge in [-0.05, 0) is 0 Å². The maximum absolute atomic E-state index is 5.14. The van der Waals surface area contributed by atoms with Crippen molar-refractivity contribution >= 4 is 31.5 Å². The third-order valence-corrected chi connectivity index (χ3v) is 1.57. The summed E-state index contributed by atoms with van der Waals surface area (Å²) in [6.45, 7) is 0. The summed E-state index contributed by atoms with van der Waals surface area (Å²) in [5, 5.41) is 0. The maximum atomic E-state index is 5.14. The minimum absolute atomic E-state index is 0.0201. The minimum atomic E-state index is 0.0201. The summed E-state index contributed by atoms with van der Waals surface area (Å²) in [7, 11) is 0.0201. The summed E-state index contributed by atoms with van der Waals surface area (Å²) in [5.41, 5.74) is 0.640. The average Bonchev–Trinajstić information content (AvgIpc) is 1.37. The fourth-order valence-corrected chi connectivity index (χ4v) is 0. The van der Waals surface area contributed by atoms with E-state index in [2.05, 4.69) is 0 Å². The van der Waals surface area contributed by atoms with E-state index in [0.717, 1.165) is 0 Å². The lowest BCUT2D eigenvalue weighted by atomic mass is 11.9. The van der Waals surface area contributed by atoms with Crippen LogP contribution in [0.1, 0.15) is 0 Å². The number of hydrogen-bond donors (Lipinski definition) is 0. The standard InChI is InChI=1S/CH3Cl2Si/c2-1-4-3/h4H,1H2. The van der Waals surface area contributed by atoms with Gasteiger partial charge in [0, 0.05) is 5.50 Å². The van der Waals surface area contributed by atoms with Crippen molar-refractivity contribution in [2.45, 2.75) is 0 Å². The van der Waals surface area contributed by atoms with Crippen LogP contribution in [-0.2, 0) is 0 Å². The Bertz CT molecular complexity index is 8.00. The van der Waals surface area contributed by atoms with E-state index in [0.29, 0.717) is 5.50 Å². The molecule has 0 spiro atoms. The van der Waals surface area contributed by atoms with Gasteiger partial charge in [0.1, 0.15) is 0 Å². The average molecular weight is 114 g/mol. The third-order valence-electron chi connectivity index (χ3n) is 0.0583. The maximum Gasteiger partial charge on any atom is 0.162 e. The van der Waals surface area contributed by atoms with Crippen LogP contribution in [0.3, 0.4) is 0 Å². The highest BCUT2D eigenvalue weighted by molar-refractivity contribution is 6.96. The first kappa shape index (κ1) is 4.80. The second-order valence-corrected chi connectivity index (χ2v) is 2.78. The first-order valence-electron chi connectivity index (χ1n) is 0.894. The Balaban J connectivity index is 1.97. The molecule has 0 fully saturated rings. The Morgan fingerprint density at radius 2 is 2.00 bits per heavy atom. The summed E-state index contributed by atoms with van der Waals surface area (Å²) < 4.78 is 0. The van der Waals surface area contributed by atoms with Crippen LogP contribution in [0.5, 0.6) is 0 Å². The highest BCUT2D eigenvalue weighted by atomic mass is 35.6. The zero-order valence-corrected chi connectivity index (χ0v) is 4.71. The zero-order valence-electron chi connectivity index (χ0n) is 2.04. The molecule has 0 nitrogen and oxygen atoms in total. The van der Waals surface area contributed by atoms with Crippen molar-refractivity contribution in [3.8, 4) is 0 Å². The van der Waals surface area contributed by atoms with E-state index in [1.54, 1.807) is 0 Å². The van der Waals surface area contributed by atoms with Crippen LogP contribution in [0.4, 0.5) is 0 Å². The molecule has 25 valence electrons. The molecule has 0 atom stereocenters. The molecule has 4 heavy (non-hydrogen) atoms. The van der Waals surface area contributed by atoms with Gasteiger partial charge in [0.05, 0.1) is 0 Å². The molecule has 0 aromatic carbocycles. The Morgan fingerprint density at radius 1 is 1.75 bits per heavy atom.